The van der Waals surface area contributed by atoms with Gasteiger partial charge in [-0.3, -0.25) is 0 Å². The van der Waals surface area contributed by atoms with E-state index in [4.69, 9.17) is 0 Å². The molecule has 0 N–H and O–H groups in total. The minimum Gasteiger partial charge on any atom is -0.0884 e. The monoisotopic (exact) mass is 316 g/mol. The van der Waals surface area contributed by atoms with Crippen molar-refractivity contribution in [2.24, 2.45) is 0 Å². The van der Waals surface area contributed by atoms with E-state index in [1.54, 1.807) is 0 Å². The minimum absolute atomic E-state index is 0.628. The number of alkyl halides is 2. The average Bonchev–Trinajstić information content (AvgIpc) is 2.19. The van der Waals surface area contributed by atoms with Gasteiger partial charge in [0.05, 0.1) is 0 Å². The van der Waals surface area contributed by atoms with E-state index in [0.29, 0.717) is 15.6 Å². The number of rotatable bonds is 1. The van der Waals surface area contributed by atoms with Crippen molar-refractivity contribution in [2.75, 3.05) is 0 Å². The molecule has 0 bridgehead atoms. The highest BCUT2D eigenvalue weighted by Gasteiger charge is 2.30. The summed E-state index contributed by atoms with van der Waals surface area (Å²) in [6.45, 7) is 0. The Hall–Kier alpha value is 0.180. The van der Waals surface area contributed by atoms with Gasteiger partial charge in [0.15, 0.2) is 0 Å². The highest BCUT2D eigenvalue weighted by atomic mass is 79.9. The molecule has 1 aliphatic carbocycles. The van der Waals surface area contributed by atoms with Crippen LogP contribution >= 0.6 is 31.9 Å². The molecular weight excluding hydrogens is 304 g/mol. The second-order valence-corrected chi connectivity index (χ2v) is 6.25. The molecule has 1 fully saturated rings. The van der Waals surface area contributed by atoms with Crippen molar-refractivity contribution < 1.29 is 0 Å². The van der Waals surface area contributed by atoms with E-state index in [0.717, 1.165) is 0 Å². The van der Waals surface area contributed by atoms with Gasteiger partial charge in [-0.25, -0.2) is 0 Å². The molecule has 0 heterocycles. The molecule has 2 heteroatoms. The fourth-order valence-corrected chi connectivity index (χ4v) is 4.59. The molecule has 1 saturated carbocycles. The van der Waals surface area contributed by atoms with E-state index < -0.39 is 0 Å². The zero-order valence-electron chi connectivity index (χ0n) is 8.00. The van der Waals surface area contributed by atoms with Gasteiger partial charge in [-0.1, -0.05) is 68.6 Å². The summed E-state index contributed by atoms with van der Waals surface area (Å²) in [5.74, 6) is 0.630. The van der Waals surface area contributed by atoms with Gasteiger partial charge < -0.3 is 0 Å². The van der Waals surface area contributed by atoms with Crippen LogP contribution in [-0.4, -0.2) is 9.65 Å². The fraction of sp³-hybridized carbons (Fsp3) is 0.500. The second-order valence-electron chi connectivity index (χ2n) is 3.90. The third kappa shape index (κ3) is 2.22. The van der Waals surface area contributed by atoms with E-state index in [1.807, 2.05) is 0 Å². The van der Waals surface area contributed by atoms with Crippen molar-refractivity contribution in [2.45, 2.75) is 34.8 Å². The molecule has 0 amide bonds. The van der Waals surface area contributed by atoms with Crippen molar-refractivity contribution >= 4 is 31.9 Å². The summed E-state index contributed by atoms with van der Waals surface area (Å²) in [6, 6.07) is 10.8. The Labute approximate surface area is 102 Å². The molecule has 0 radical (unpaired) electrons. The normalized spacial score (nSPS) is 32.9. The molecular formula is C12H14Br2. The summed E-state index contributed by atoms with van der Waals surface area (Å²) in [6.07, 6.45) is 3.92. The number of hydrogen-bond acceptors (Lipinski definition) is 0. The molecule has 1 aromatic carbocycles. The van der Waals surface area contributed by atoms with E-state index in [9.17, 15) is 0 Å². The van der Waals surface area contributed by atoms with Gasteiger partial charge in [0.25, 0.3) is 0 Å². The molecule has 1 aromatic rings. The Morgan fingerprint density at radius 1 is 0.929 bits per heavy atom. The van der Waals surface area contributed by atoms with Gasteiger partial charge in [0.1, 0.15) is 0 Å². The molecule has 14 heavy (non-hydrogen) atoms. The lowest BCUT2D eigenvalue weighted by atomic mass is 9.84. The Balaban J connectivity index is 2.23. The van der Waals surface area contributed by atoms with Crippen molar-refractivity contribution in [3.05, 3.63) is 35.9 Å². The van der Waals surface area contributed by atoms with Gasteiger partial charge in [0, 0.05) is 15.6 Å². The van der Waals surface area contributed by atoms with Crippen molar-refractivity contribution in [1.29, 1.82) is 0 Å². The highest BCUT2D eigenvalue weighted by Crippen LogP contribution is 2.41. The van der Waals surface area contributed by atoms with Crippen LogP contribution < -0.4 is 0 Å². The molecule has 0 aliphatic heterocycles. The molecule has 0 saturated heterocycles. The lowest BCUT2D eigenvalue weighted by molar-refractivity contribution is 0.479. The van der Waals surface area contributed by atoms with Gasteiger partial charge in [-0.2, -0.15) is 0 Å². The standard InChI is InChI=1S/C12H14Br2/c13-10-7-4-8-11(14)12(10)9-5-2-1-3-6-9/h1-3,5-6,10-12H,4,7-8H2. The van der Waals surface area contributed by atoms with E-state index >= 15 is 0 Å². The zero-order valence-corrected chi connectivity index (χ0v) is 11.2. The van der Waals surface area contributed by atoms with Gasteiger partial charge >= 0.3 is 0 Å². The summed E-state index contributed by atoms with van der Waals surface area (Å²) in [7, 11) is 0. The van der Waals surface area contributed by atoms with Crippen LogP contribution in [-0.2, 0) is 0 Å². The van der Waals surface area contributed by atoms with Crippen LogP contribution in [0.15, 0.2) is 30.3 Å². The van der Waals surface area contributed by atoms with E-state index in [1.165, 1.54) is 24.8 Å². The first-order valence-electron chi connectivity index (χ1n) is 5.12. The van der Waals surface area contributed by atoms with E-state index in [2.05, 4.69) is 62.2 Å². The quantitative estimate of drug-likeness (QED) is 0.670. The first-order chi connectivity index (χ1) is 6.79. The van der Waals surface area contributed by atoms with Crippen LogP contribution in [0.4, 0.5) is 0 Å². The van der Waals surface area contributed by atoms with Crippen LogP contribution in [0.25, 0.3) is 0 Å². The van der Waals surface area contributed by atoms with Gasteiger partial charge in [0.2, 0.25) is 0 Å². The van der Waals surface area contributed by atoms with Gasteiger partial charge in [-0.05, 0) is 18.4 Å². The Morgan fingerprint density at radius 3 is 2.07 bits per heavy atom. The maximum atomic E-state index is 3.80. The van der Waals surface area contributed by atoms with Crippen LogP contribution in [0.5, 0.6) is 0 Å². The average molecular weight is 318 g/mol. The lowest BCUT2D eigenvalue weighted by Crippen LogP contribution is -2.26. The van der Waals surface area contributed by atoms with Crippen molar-refractivity contribution in [3.8, 4) is 0 Å². The number of benzene rings is 1. The predicted molar refractivity (Wildman–Crippen MR) is 68.5 cm³/mol. The summed E-state index contributed by atoms with van der Waals surface area (Å²) in [4.78, 5) is 1.26. The van der Waals surface area contributed by atoms with Crippen molar-refractivity contribution in [1.82, 2.24) is 0 Å². The highest BCUT2D eigenvalue weighted by molar-refractivity contribution is 9.10. The molecule has 2 rings (SSSR count). The zero-order chi connectivity index (χ0) is 9.97. The SMILES string of the molecule is BrC1CCCC(Br)C1c1ccccc1. The van der Waals surface area contributed by atoms with Crippen LogP contribution in [0, 0.1) is 0 Å². The van der Waals surface area contributed by atoms with E-state index in [-0.39, 0.29) is 0 Å². The first-order valence-corrected chi connectivity index (χ1v) is 6.95. The second kappa shape index (κ2) is 4.80. The molecule has 76 valence electrons. The Kier molecular flexibility index (Phi) is 3.67. The Morgan fingerprint density at radius 2 is 1.50 bits per heavy atom. The molecule has 0 aromatic heterocycles. The third-order valence-electron chi connectivity index (χ3n) is 2.92. The smallest absolute Gasteiger partial charge is 0.0225 e. The topological polar surface area (TPSA) is 0 Å². The summed E-state index contributed by atoms with van der Waals surface area (Å²) >= 11 is 7.60. The first kappa shape index (κ1) is 10.7. The minimum atomic E-state index is 0.628. The molecule has 1 aliphatic rings. The molecule has 0 spiro atoms. The lowest BCUT2D eigenvalue weighted by Gasteiger charge is -2.32. The van der Waals surface area contributed by atoms with Crippen LogP contribution in [0.1, 0.15) is 30.7 Å². The molecule has 2 atom stereocenters. The van der Waals surface area contributed by atoms with Gasteiger partial charge in [-0.15, -0.1) is 0 Å². The molecule has 2 unspecified atom stereocenters. The maximum Gasteiger partial charge on any atom is 0.0225 e. The van der Waals surface area contributed by atoms with Crippen molar-refractivity contribution in [3.63, 3.8) is 0 Å². The van der Waals surface area contributed by atoms with Crippen LogP contribution in [0.3, 0.4) is 0 Å². The summed E-state index contributed by atoms with van der Waals surface area (Å²) < 4.78 is 0. The third-order valence-corrected chi connectivity index (χ3v) is 4.98. The maximum absolute atomic E-state index is 3.80. The Bertz CT molecular complexity index is 274. The predicted octanol–water partition coefficient (Wildman–Crippen LogP) is 4.48. The largest absolute Gasteiger partial charge is 0.0884 e. The summed E-state index contributed by atoms with van der Waals surface area (Å²) in [5.41, 5.74) is 1.45. The molecule has 0 nitrogen and oxygen atoms in total. The fourth-order valence-electron chi connectivity index (χ4n) is 2.19. The summed E-state index contributed by atoms with van der Waals surface area (Å²) in [5, 5.41) is 0. The number of halogens is 2. The number of hydrogen-bond donors (Lipinski definition) is 0. The van der Waals surface area contributed by atoms with Crippen LogP contribution in [0.2, 0.25) is 0 Å².